The van der Waals surface area contributed by atoms with Crippen LogP contribution in [0, 0.1) is 0 Å². The zero-order valence-electron chi connectivity index (χ0n) is 13.4. The number of allylic oxidation sites excluding steroid dienone is 2. The van der Waals surface area contributed by atoms with Crippen LogP contribution < -0.4 is 0 Å². The molecule has 4 nitrogen and oxygen atoms in total. The maximum absolute atomic E-state index is 11.3. The van der Waals surface area contributed by atoms with E-state index in [0.29, 0.717) is 18.9 Å². The van der Waals surface area contributed by atoms with Crippen LogP contribution in [0.1, 0.15) is 45.4 Å². The van der Waals surface area contributed by atoms with E-state index in [1.807, 2.05) is 0 Å². The fourth-order valence-electron chi connectivity index (χ4n) is 2.49. The molecule has 1 unspecified atom stereocenters. The molecule has 0 amide bonds. The maximum Gasteiger partial charge on any atom is 0.309 e. The number of methoxy groups -OCH3 is 1. The first-order chi connectivity index (χ1) is 10.1. The molecule has 4 heteroatoms. The smallest absolute Gasteiger partial charge is 0.309 e. The predicted molar refractivity (Wildman–Crippen MR) is 84.0 cm³/mol. The van der Waals surface area contributed by atoms with Gasteiger partial charge in [0.25, 0.3) is 0 Å². The number of likely N-dealkylation sites (N-methyl/N-ethyl adjacent to an activating group) is 1. The van der Waals surface area contributed by atoms with Gasteiger partial charge in [-0.1, -0.05) is 23.3 Å². The van der Waals surface area contributed by atoms with Crippen LogP contribution in [0.15, 0.2) is 23.3 Å². The second-order valence-electron chi connectivity index (χ2n) is 5.76. The minimum absolute atomic E-state index is 0.169. The van der Waals surface area contributed by atoms with E-state index in [0.717, 1.165) is 44.1 Å². The number of carbonyl (C=O) groups is 2. The van der Waals surface area contributed by atoms with Gasteiger partial charge in [-0.15, -0.1) is 0 Å². The SMILES string of the molecule is COC(=O)CC1=CC=C(CN(C)C(C)CCC=O)CCC1. The molecule has 0 radical (unpaired) electrons. The Morgan fingerprint density at radius 3 is 2.71 bits per heavy atom. The fourth-order valence-corrected chi connectivity index (χ4v) is 2.49. The Labute approximate surface area is 127 Å². The van der Waals surface area contributed by atoms with Crippen LogP contribution in [0.5, 0.6) is 0 Å². The lowest BCUT2D eigenvalue weighted by atomic mass is 10.1. The molecule has 0 bridgehead atoms. The van der Waals surface area contributed by atoms with Crippen molar-refractivity contribution in [2.75, 3.05) is 20.7 Å². The molecule has 1 atom stereocenters. The Morgan fingerprint density at radius 1 is 1.38 bits per heavy atom. The first kappa shape index (κ1) is 17.6. The van der Waals surface area contributed by atoms with Crippen LogP contribution in [0.25, 0.3) is 0 Å². The quantitative estimate of drug-likeness (QED) is 0.510. The van der Waals surface area contributed by atoms with Gasteiger partial charge in [0.2, 0.25) is 0 Å². The molecule has 0 aromatic rings. The average Bonchev–Trinajstić information content (AvgIpc) is 2.70. The number of esters is 1. The highest BCUT2D eigenvalue weighted by Gasteiger charge is 2.13. The molecule has 0 saturated carbocycles. The van der Waals surface area contributed by atoms with Crippen molar-refractivity contribution in [3.05, 3.63) is 23.3 Å². The zero-order chi connectivity index (χ0) is 15.7. The van der Waals surface area contributed by atoms with Gasteiger partial charge in [-0.25, -0.2) is 0 Å². The zero-order valence-corrected chi connectivity index (χ0v) is 13.4. The summed E-state index contributed by atoms with van der Waals surface area (Å²) in [6.07, 6.45) is 10.2. The summed E-state index contributed by atoms with van der Waals surface area (Å²) in [5, 5.41) is 0. The molecule has 0 N–H and O–H groups in total. The van der Waals surface area contributed by atoms with Crippen LogP contribution in [0.4, 0.5) is 0 Å². The van der Waals surface area contributed by atoms with E-state index in [9.17, 15) is 9.59 Å². The molecule has 0 fully saturated rings. The summed E-state index contributed by atoms with van der Waals surface area (Å²) in [6, 6.07) is 0.401. The number of hydrogen-bond donors (Lipinski definition) is 0. The van der Waals surface area contributed by atoms with Gasteiger partial charge < -0.3 is 9.53 Å². The van der Waals surface area contributed by atoms with Crippen molar-refractivity contribution in [1.82, 2.24) is 4.90 Å². The van der Waals surface area contributed by atoms with Crippen LogP contribution in [-0.4, -0.2) is 43.9 Å². The average molecular weight is 293 g/mol. The van der Waals surface area contributed by atoms with Gasteiger partial charge in [-0.05, 0) is 39.7 Å². The van der Waals surface area contributed by atoms with Crippen LogP contribution in [0.3, 0.4) is 0 Å². The Morgan fingerprint density at radius 2 is 2.05 bits per heavy atom. The van der Waals surface area contributed by atoms with Gasteiger partial charge in [0.1, 0.15) is 6.29 Å². The summed E-state index contributed by atoms with van der Waals surface area (Å²) >= 11 is 0. The molecule has 0 heterocycles. The number of hydrogen-bond acceptors (Lipinski definition) is 4. The number of rotatable bonds is 8. The summed E-state index contributed by atoms with van der Waals surface area (Å²) in [4.78, 5) is 24.0. The number of ether oxygens (including phenoxy) is 1. The third-order valence-corrected chi connectivity index (χ3v) is 4.06. The summed E-state index contributed by atoms with van der Waals surface area (Å²) < 4.78 is 4.72. The van der Waals surface area contributed by atoms with Crippen molar-refractivity contribution in [1.29, 1.82) is 0 Å². The maximum atomic E-state index is 11.3. The fraction of sp³-hybridized carbons (Fsp3) is 0.647. The molecule has 0 aromatic carbocycles. The first-order valence-electron chi connectivity index (χ1n) is 7.65. The predicted octanol–water partition coefficient (Wildman–Crippen LogP) is 2.89. The monoisotopic (exact) mass is 293 g/mol. The molecule has 0 aromatic heterocycles. The van der Waals surface area contributed by atoms with Gasteiger partial charge in [-0.3, -0.25) is 9.69 Å². The highest BCUT2D eigenvalue weighted by molar-refractivity contribution is 5.72. The molecular weight excluding hydrogens is 266 g/mol. The van der Waals surface area contributed by atoms with Crippen molar-refractivity contribution >= 4 is 12.3 Å². The van der Waals surface area contributed by atoms with Crippen molar-refractivity contribution in [2.24, 2.45) is 0 Å². The lowest BCUT2D eigenvalue weighted by Crippen LogP contribution is -2.31. The minimum atomic E-state index is -0.169. The van der Waals surface area contributed by atoms with Crippen LogP contribution in [0.2, 0.25) is 0 Å². The second-order valence-corrected chi connectivity index (χ2v) is 5.76. The third kappa shape index (κ3) is 6.71. The number of aldehydes is 1. The van der Waals surface area contributed by atoms with Gasteiger partial charge in [-0.2, -0.15) is 0 Å². The van der Waals surface area contributed by atoms with Crippen molar-refractivity contribution in [3.63, 3.8) is 0 Å². The van der Waals surface area contributed by atoms with Crippen molar-refractivity contribution < 1.29 is 14.3 Å². The second kappa shape index (κ2) is 9.50. The van der Waals surface area contributed by atoms with E-state index in [1.54, 1.807) is 0 Å². The molecule has 0 aliphatic heterocycles. The molecule has 118 valence electrons. The third-order valence-electron chi connectivity index (χ3n) is 4.06. The summed E-state index contributed by atoms with van der Waals surface area (Å²) in [5.74, 6) is -0.169. The van der Waals surface area contributed by atoms with Crippen molar-refractivity contribution in [2.45, 2.75) is 51.5 Å². The van der Waals surface area contributed by atoms with Gasteiger partial charge in [0.15, 0.2) is 0 Å². The molecule has 21 heavy (non-hydrogen) atoms. The van der Waals surface area contributed by atoms with E-state index in [2.05, 4.69) is 31.0 Å². The van der Waals surface area contributed by atoms with Crippen molar-refractivity contribution in [3.8, 4) is 0 Å². The Hall–Kier alpha value is -1.42. The summed E-state index contributed by atoms with van der Waals surface area (Å²) in [7, 11) is 3.52. The summed E-state index contributed by atoms with van der Waals surface area (Å²) in [6.45, 7) is 3.07. The molecule has 0 saturated heterocycles. The van der Waals surface area contributed by atoms with E-state index in [-0.39, 0.29) is 5.97 Å². The lowest BCUT2D eigenvalue weighted by Gasteiger charge is -2.25. The van der Waals surface area contributed by atoms with E-state index in [1.165, 1.54) is 12.7 Å². The lowest BCUT2D eigenvalue weighted by molar-refractivity contribution is -0.139. The van der Waals surface area contributed by atoms with Crippen LogP contribution in [-0.2, 0) is 14.3 Å². The topological polar surface area (TPSA) is 46.6 Å². The van der Waals surface area contributed by atoms with Crippen LogP contribution >= 0.6 is 0 Å². The standard InChI is InChI=1S/C17H27NO3/c1-14(6-5-11-19)18(2)13-16-8-4-7-15(9-10-16)12-17(20)21-3/h9-11,14H,4-8,12-13H2,1-3H3. The molecular formula is C17H27NO3. The molecule has 1 aliphatic carbocycles. The summed E-state index contributed by atoms with van der Waals surface area (Å²) in [5.41, 5.74) is 2.53. The Kier molecular flexibility index (Phi) is 7.98. The first-order valence-corrected chi connectivity index (χ1v) is 7.65. The Balaban J connectivity index is 2.54. The minimum Gasteiger partial charge on any atom is -0.469 e. The normalized spacial score (nSPS) is 16.8. The number of nitrogens with zero attached hydrogens (tertiary/aromatic N) is 1. The molecule has 1 rings (SSSR count). The highest BCUT2D eigenvalue weighted by atomic mass is 16.5. The number of carbonyl (C=O) groups excluding carboxylic acids is 2. The Bertz CT molecular complexity index is 412. The van der Waals surface area contributed by atoms with E-state index < -0.39 is 0 Å². The molecule has 0 spiro atoms. The van der Waals surface area contributed by atoms with E-state index >= 15 is 0 Å². The molecule has 1 aliphatic rings. The van der Waals surface area contributed by atoms with Gasteiger partial charge in [0.05, 0.1) is 13.5 Å². The highest BCUT2D eigenvalue weighted by Crippen LogP contribution is 2.21. The van der Waals surface area contributed by atoms with Gasteiger partial charge in [0, 0.05) is 19.0 Å². The van der Waals surface area contributed by atoms with E-state index in [4.69, 9.17) is 4.74 Å². The van der Waals surface area contributed by atoms with Gasteiger partial charge >= 0.3 is 5.97 Å². The largest absolute Gasteiger partial charge is 0.469 e.